The minimum atomic E-state index is -0.652. The van der Waals surface area contributed by atoms with Crippen molar-refractivity contribution >= 4 is 23.4 Å². The van der Waals surface area contributed by atoms with Crippen molar-refractivity contribution in [2.45, 2.75) is 26.4 Å². The lowest BCUT2D eigenvalue weighted by molar-refractivity contribution is 0.0636. The number of anilines is 1. The van der Waals surface area contributed by atoms with E-state index >= 15 is 0 Å². The summed E-state index contributed by atoms with van der Waals surface area (Å²) in [7, 11) is 0. The maximum Gasteiger partial charge on any atom is 0.412 e. The highest BCUT2D eigenvalue weighted by Crippen LogP contribution is 2.22. The van der Waals surface area contributed by atoms with E-state index in [4.69, 9.17) is 16.3 Å². The molecule has 112 valence electrons. The second-order valence-electron chi connectivity index (χ2n) is 5.27. The van der Waals surface area contributed by atoms with Crippen molar-refractivity contribution in [1.29, 1.82) is 0 Å². The minimum absolute atomic E-state index is 0.0603. The smallest absolute Gasteiger partial charge is 0.412 e. The Morgan fingerprint density at radius 2 is 2.14 bits per heavy atom. The number of nitrogens with zero attached hydrogens (tertiary/aromatic N) is 3. The van der Waals surface area contributed by atoms with Gasteiger partial charge in [0.1, 0.15) is 17.1 Å². The van der Waals surface area contributed by atoms with Crippen molar-refractivity contribution in [2.24, 2.45) is 0 Å². The number of hydrogen-bond acceptors (Lipinski definition) is 4. The fourth-order valence-electron chi connectivity index (χ4n) is 1.51. The van der Waals surface area contributed by atoms with Gasteiger partial charge >= 0.3 is 6.09 Å². The lowest BCUT2D eigenvalue weighted by Crippen LogP contribution is -2.27. The molecule has 1 N–H and O–H groups in total. The van der Waals surface area contributed by atoms with Crippen LogP contribution in [0.4, 0.5) is 14.9 Å². The van der Waals surface area contributed by atoms with Gasteiger partial charge in [-0.15, -0.1) is 0 Å². The van der Waals surface area contributed by atoms with Crippen molar-refractivity contribution in [3.63, 3.8) is 0 Å². The molecule has 6 nitrogen and oxygen atoms in total. The van der Waals surface area contributed by atoms with Gasteiger partial charge in [-0.3, -0.25) is 10.3 Å². The summed E-state index contributed by atoms with van der Waals surface area (Å²) >= 11 is 5.93. The largest absolute Gasteiger partial charge is 0.444 e. The monoisotopic (exact) mass is 312 g/mol. The van der Waals surface area contributed by atoms with Gasteiger partial charge in [-0.2, -0.15) is 5.10 Å². The fourth-order valence-corrected chi connectivity index (χ4v) is 1.69. The van der Waals surface area contributed by atoms with Gasteiger partial charge in [-0.1, -0.05) is 11.6 Å². The molecule has 0 aliphatic heterocycles. The van der Waals surface area contributed by atoms with Crippen LogP contribution in [0, 0.1) is 5.82 Å². The van der Waals surface area contributed by atoms with E-state index in [0.717, 1.165) is 6.20 Å². The zero-order valence-corrected chi connectivity index (χ0v) is 12.5. The van der Waals surface area contributed by atoms with Gasteiger partial charge in [0.15, 0.2) is 5.15 Å². The molecule has 0 unspecified atom stereocenters. The predicted molar refractivity (Wildman–Crippen MR) is 76.2 cm³/mol. The van der Waals surface area contributed by atoms with E-state index in [1.54, 1.807) is 20.8 Å². The minimum Gasteiger partial charge on any atom is -0.444 e. The van der Waals surface area contributed by atoms with Gasteiger partial charge < -0.3 is 4.74 Å². The summed E-state index contributed by atoms with van der Waals surface area (Å²) < 4.78 is 19.6. The Kier molecular flexibility index (Phi) is 4.13. The summed E-state index contributed by atoms with van der Waals surface area (Å²) in [5, 5.41) is 6.52. The Bertz CT molecular complexity index is 666. The van der Waals surface area contributed by atoms with E-state index in [1.807, 2.05) is 0 Å². The van der Waals surface area contributed by atoms with Crippen LogP contribution in [-0.2, 0) is 4.74 Å². The molecule has 8 heteroatoms. The number of aromatic nitrogens is 3. The second-order valence-corrected chi connectivity index (χ2v) is 5.62. The first-order valence-corrected chi connectivity index (χ1v) is 6.48. The molecule has 1 amide bonds. The van der Waals surface area contributed by atoms with Gasteiger partial charge in [-0.25, -0.2) is 13.9 Å². The van der Waals surface area contributed by atoms with Crippen molar-refractivity contribution < 1.29 is 13.9 Å². The van der Waals surface area contributed by atoms with Gasteiger partial charge in [-0.05, 0) is 20.8 Å². The van der Waals surface area contributed by atoms with Gasteiger partial charge in [0.05, 0.1) is 24.3 Å². The van der Waals surface area contributed by atoms with E-state index < -0.39 is 17.5 Å². The molecule has 0 aliphatic carbocycles. The van der Waals surface area contributed by atoms with Crippen molar-refractivity contribution in [1.82, 2.24) is 14.8 Å². The van der Waals surface area contributed by atoms with Crippen molar-refractivity contribution in [2.75, 3.05) is 5.32 Å². The number of ether oxygens (including phenoxy) is 1. The van der Waals surface area contributed by atoms with Crippen LogP contribution in [0.5, 0.6) is 0 Å². The summed E-state index contributed by atoms with van der Waals surface area (Å²) in [6, 6.07) is 1.24. The molecule has 0 aromatic carbocycles. The Labute approximate surface area is 125 Å². The van der Waals surface area contributed by atoms with E-state index in [0.29, 0.717) is 5.69 Å². The SMILES string of the molecule is CC(C)(C)OC(=O)Nc1cn(-c2cncc(F)c2)nc1Cl. The average molecular weight is 313 g/mol. The van der Waals surface area contributed by atoms with Gasteiger partial charge in [0.25, 0.3) is 0 Å². The van der Waals surface area contributed by atoms with Crippen molar-refractivity contribution in [3.05, 3.63) is 35.6 Å². The molecule has 0 saturated carbocycles. The molecule has 0 radical (unpaired) electrons. The molecule has 0 atom stereocenters. The molecule has 2 aromatic rings. The maximum absolute atomic E-state index is 13.1. The van der Waals surface area contributed by atoms with Crippen LogP contribution in [0.15, 0.2) is 24.7 Å². The van der Waals surface area contributed by atoms with Crippen LogP contribution >= 0.6 is 11.6 Å². The quantitative estimate of drug-likeness (QED) is 0.922. The molecule has 0 spiro atoms. The molecule has 2 heterocycles. The summed E-state index contributed by atoms with van der Waals surface area (Å²) in [5.74, 6) is -0.499. The standard InChI is InChI=1S/C13H14ClFN4O2/c1-13(2,3)21-12(20)17-10-7-19(18-11(10)14)9-4-8(15)5-16-6-9/h4-7H,1-3H3,(H,17,20). The first-order chi connectivity index (χ1) is 9.74. The third kappa shape index (κ3) is 4.16. The number of rotatable bonds is 2. The van der Waals surface area contributed by atoms with Crippen LogP contribution < -0.4 is 5.32 Å². The van der Waals surface area contributed by atoms with Crippen molar-refractivity contribution in [3.8, 4) is 5.69 Å². The molecule has 0 saturated heterocycles. The maximum atomic E-state index is 13.1. The van der Waals surface area contributed by atoms with Gasteiger partial charge in [0, 0.05) is 6.07 Å². The van der Waals surface area contributed by atoms with Crippen LogP contribution in [0.2, 0.25) is 5.15 Å². The molecule has 2 aromatic heterocycles. The summed E-state index contributed by atoms with van der Waals surface area (Å²) in [4.78, 5) is 15.4. The molecular formula is C13H14ClFN4O2. The highest BCUT2D eigenvalue weighted by Gasteiger charge is 2.18. The number of amides is 1. The molecule has 21 heavy (non-hydrogen) atoms. The zero-order chi connectivity index (χ0) is 15.6. The lowest BCUT2D eigenvalue weighted by atomic mass is 10.2. The molecular weight excluding hydrogens is 299 g/mol. The zero-order valence-electron chi connectivity index (χ0n) is 11.7. The third-order valence-corrected chi connectivity index (χ3v) is 2.54. The number of nitrogens with one attached hydrogen (secondary N) is 1. The highest BCUT2D eigenvalue weighted by atomic mass is 35.5. The number of pyridine rings is 1. The number of carbonyl (C=O) groups excluding carboxylic acids is 1. The Hall–Kier alpha value is -2.15. The summed E-state index contributed by atoms with van der Waals surface area (Å²) in [5.41, 5.74) is 0.0169. The van der Waals surface area contributed by atoms with E-state index in [9.17, 15) is 9.18 Å². The first-order valence-electron chi connectivity index (χ1n) is 6.11. The normalized spacial score (nSPS) is 11.3. The summed E-state index contributed by atoms with van der Waals surface area (Å²) in [6.45, 7) is 5.24. The molecule has 2 rings (SSSR count). The van der Waals surface area contributed by atoms with Crippen LogP contribution in [0.1, 0.15) is 20.8 Å². The molecule has 0 fully saturated rings. The number of carbonyl (C=O) groups is 1. The van der Waals surface area contributed by atoms with Crippen LogP contribution in [-0.4, -0.2) is 26.5 Å². The first kappa shape index (κ1) is 15.2. The van der Waals surface area contributed by atoms with Crippen LogP contribution in [0.25, 0.3) is 5.69 Å². The van der Waals surface area contributed by atoms with Crippen LogP contribution in [0.3, 0.4) is 0 Å². The Morgan fingerprint density at radius 3 is 2.76 bits per heavy atom. The van der Waals surface area contributed by atoms with Gasteiger partial charge in [0.2, 0.25) is 0 Å². The Balaban J connectivity index is 2.18. The topological polar surface area (TPSA) is 69.0 Å². The molecule has 0 aliphatic rings. The predicted octanol–water partition coefficient (Wildman–Crippen LogP) is 3.41. The van der Waals surface area contributed by atoms with E-state index in [-0.39, 0.29) is 10.8 Å². The van der Waals surface area contributed by atoms with E-state index in [2.05, 4.69) is 15.4 Å². The van der Waals surface area contributed by atoms with E-state index in [1.165, 1.54) is 23.1 Å². The fraction of sp³-hybridized carbons (Fsp3) is 0.308. The highest BCUT2D eigenvalue weighted by molar-refractivity contribution is 6.32. The number of halogens is 2. The number of hydrogen-bond donors (Lipinski definition) is 1. The Morgan fingerprint density at radius 1 is 1.43 bits per heavy atom. The summed E-state index contributed by atoms with van der Waals surface area (Å²) in [6.07, 6.45) is 3.29. The third-order valence-electron chi connectivity index (χ3n) is 2.26. The lowest BCUT2D eigenvalue weighted by Gasteiger charge is -2.19. The molecule has 0 bridgehead atoms. The average Bonchev–Trinajstić information content (AvgIpc) is 2.68. The second kappa shape index (κ2) is 5.69.